The molecule has 1 heterocycles. The summed E-state index contributed by atoms with van der Waals surface area (Å²) in [6.07, 6.45) is 0.654. The molecule has 0 N–H and O–H groups in total. The molecule has 21 heavy (non-hydrogen) atoms. The Bertz CT molecular complexity index is 680. The normalized spacial score (nSPS) is 17.4. The molecule has 1 atom stereocenters. The molecule has 0 bridgehead atoms. The molecule has 0 saturated carbocycles. The summed E-state index contributed by atoms with van der Waals surface area (Å²) in [5.74, 6) is -0.307. The number of hydrogen-bond acceptors (Lipinski definition) is 3. The summed E-state index contributed by atoms with van der Waals surface area (Å²) in [7, 11) is 0. The second-order valence-electron chi connectivity index (χ2n) is 4.87. The van der Waals surface area contributed by atoms with Crippen molar-refractivity contribution in [3.8, 4) is 0 Å². The third-order valence-electron chi connectivity index (χ3n) is 3.53. The minimum absolute atomic E-state index is 0.131. The minimum atomic E-state index is -0.177. The number of ketones is 1. The fourth-order valence-electron chi connectivity index (χ4n) is 2.48. The summed E-state index contributed by atoms with van der Waals surface area (Å²) >= 11 is 0. The van der Waals surface area contributed by atoms with Gasteiger partial charge in [0.25, 0.3) is 0 Å². The fourth-order valence-corrected chi connectivity index (χ4v) is 2.48. The molecule has 3 rings (SSSR count). The SMILES string of the molecule is O=CN1CC(c2ccccc2)C(C(=O)c2ccccc2)=N1. The van der Waals surface area contributed by atoms with Crippen LogP contribution in [0.25, 0.3) is 0 Å². The topological polar surface area (TPSA) is 49.7 Å². The van der Waals surface area contributed by atoms with Gasteiger partial charge in [-0.05, 0) is 5.56 Å². The van der Waals surface area contributed by atoms with Crippen LogP contribution in [0.2, 0.25) is 0 Å². The highest BCUT2D eigenvalue weighted by molar-refractivity contribution is 6.48. The lowest BCUT2D eigenvalue weighted by Crippen LogP contribution is -2.22. The summed E-state index contributed by atoms with van der Waals surface area (Å²) < 4.78 is 0. The number of carbonyl (C=O) groups is 2. The molecular weight excluding hydrogens is 264 g/mol. The van der Waals surface area contributed by atoms with Crippen molar-refractivity contribution in [2.75, 3.05) is 6.54 Å². The molecule has 0 radical (unpaired) electrons. The maximum Gasteiger partial charge on any atom is 0.229 e. The Kier molecular flexibility index (Phi) is 3.60. The van der Waals surface area contributed by atoms with Crippen LogP contribution in [0, 0.1) is 0 Å². The van der Waals surface area contributed by atoms with Crippen LogP contribution in [0.5, 0.6) is 0 Å². The van der Waals surface area contributed by atoms with E-state index in [1.54, 1.807) is 12.1 Å². The molecule has 0 spiro atoms. The highest BCUT2D eigenvalue weighted by Gasteiger charge is 2.32. The van der Waals surface area contributed by atoms with Gasteiger partial charge >= 0.3 is 0 Å². The van der Waals surface area contributed by atoms with Gasteiger partial charge in [-0.2, -0.15) is 5.10 Å². The second-order valence-corrected chi connectivity index (χ2v) is 4.87. The molecule has 4 heteroatoms. The molecule has 1 unspecified atom stereocenters. The van der Waals surface area contributed by atoms with Crippen LogP contribution in [0.1, 0.15) is 21.8 Å². The summed E-state index contributed by atoms with van der Waals surface area (Å²) in [5.41, 5.74) is 1.99. The number of carbonyl (C=O) groups excluding carboxylic acids is 2. The molecule has 0 fully saturated rings. The van der Waals surface area contributed by atoms with Gasteiger partial charge in [0, 0.05) is 5.56 Å². The fraction of sp³-hybridized carbons (Fsp3) is 0.118. The zero-order valence-corrected chi connectivity index (χ0v) is 11.3. The first-order valence-electron chi connectivity index (χ1n) is 6.74. The molecule has 1 amide bonds. The first-order chi connectivity index (χ1) is 10.3. The molecule has 2 aromatic carbocycles. The van der Waals surface area contributed by atoms with E-state index in [9.17, 15) is 9.59 Å². The molecule has 1 aliphatic heterocycles. The highest BCUT2D eigenvalue weighted by Crippen LogP contribution is 2.26. The largest absolute Gasteiger partial charge is 0.287 e. The van der Waals surface area contributed by atoms with Crippen LogP contribution in [-0.4, -0.2) is 29.5 Å². The van der Waals surface area contributed by atoms with E-state index in [4.69, 9.17) is 0 Å². The standard InChI is InChI=1S/C17H14N2O2/c20-12-19-11-15(13-7-3-1-4-8-13)16(18-19)17(21)14-9-5-2-6-10-14/h1-10,12,15H,11H2. The average Bonchev–Trinajstić information content (AvgIpc) is 3.00. The highest BCUT2D eigenvalue weighted by atomic mass is 16.1. The van der Waals surface area contributed by atoms with E-state index < -0.39 is 0 Å². The van der Waals surface area contributed by atoms with Crippen molar-refractivity contribution < 1.29 is 9.59 Å². The number of amides is 1. The number of nitrogens with zero attached hydrogens (tertiary/aromatic N) is 2. The predicted octanol–water partition coefficient (Wildman–Crippen LogP) is 2.48. The third-order valence-corrected chi connectivity index (χ3v) is 3.53. The first kappa shape index (κ1) is 13.2. The number of benzene rings is 2. The van der Waals surface area contributed by atoms with E-state index in [0.29, 0.717) is 24.2 Å². The van der Waals surface area contributed by atoms with Gasteiger partial charge in [-0.1, -0.05) is 60.7 Å². The molecule has 104 valence electrons. The van der Waals surface area contributed by atoms with Crippen molar-refractivity contribution in [3.05, 3.63) is 71.8 Å². The Labute approximate surface area is 122 Å². The Morgan fingerprint density at radius 1 is 1.05 bits per heavy atom. The van der Waals surface area contributed by atoms with Crippen molar-refractivity contribution in [1.29, 1.82) is 0 Å². The average molecular weight is 278 g/mol. The number of Topliss-reactive ketones (excluding diaryl/α,β-unsaturated/α-hetero) is 1. The van der Waals surface area contributed by atoms with Crippen molar-refractivity contribution in [1.82, 2.24) is 5.01 Å². The molecular formula is C17H14N2O2. The van der Waals surface area contributed by atoms with Crippen LogP contribution in [-0.2, 0) is 4.79 Å². The van der Waals surface area contributed by atoms with Crippen molar-refractivity contribution >= 4 is 17.9 Å². The number of hydrogen-bond donors (Lipinski definition) is 0. The summed E-state index contributed by atoms with van der Waals surface area (Å²) in [5, 5.41) is 5.46. The lowest BCUT2D eigenvalue weighted by molar-refractivity contribution is -0.117. The Morgan fingerprint density at radius 3 is 2.29 bits per heavy atom. The number of hydrazone groups is 1. The van der Waals surface area contributed by atoms with E-state index in [0.717, 1.165) is 5.56 Å². The number of rotatable bonds is 4. The second kappa shape index (κ2) is 5.71. The Hall–Kier alpha value is -2.75. The van der Waals surface area contributed by atoms with Gasteiger partial charge in [0.1, 0.15) is 5.71 Å². The van der Waals surface area contributed by atoms with Crippen LogP contribution in [0.3, 0.4) is 0 Å². The Balaban J connectivity index is 1.97. The van der Waals surface area contributed by atoms with Crippen molar-refractivity contribution in [2.24, 2.45) is 5.10 Å². The van der Waals surface area contributed by atoms with E-state index in [-0.39, 0.29) is 11.7 Å². The minimum Gasteiger partial charge on any atom is -0.287 e. The van der Waals surface area contributed by atoms with Crippen molar-refractivity contribution in [2.45, 2.75) is 5.92 Å². The van der Waals surface area contributed by atoms with Gasteiger partial charge in [-0.25, -0.2) is 5.01 Å². The van der Waals surface area contributed by atoms with Gasteiger partial charge in [0.2, 0.25) is 12.2 Å². The maximum absolute atomic E-state index is 12.6. The predicted molar refractivity (Wildman–Crippen MR) is 80.2 cm³/mol. The van der Waals surface area contributed by atoms with Gasteiger partial charge in [-0.3, -0.25) is 9.59 Å². The van der Waals surface area contributed by atoms with Gasteiger partial charge in [-0.15, -0.1) is 0 Å². The molecule has 1 aliphatic rings. The molecule has 4 nitrogen and oxygen atoms in total. The van der Waals surface area contributed by atoms with E-state index in [1.807, 2.05) is 48.5 Å². The van der Waals surface area contributed by atoms with E-state index in [2.05, 4.69) is 5.10 Å². The van der Waals surface area contributed by atoms with Crippen LogP contribution in [0.4, 0.5) is 0 Å². The zero-order valence-electron chi connectivity index (χ0n) is 11.3. The third kappa shape index (κ3) is 2.60. The Morgan fingerprint density at radius 2 is 1.67 bits per heavy atom. The van der Waals surface area contributed by atoms with Crippen LogP contribution < -0.4 is 0 Å². The van der Waals surface area contributed by atoms with Crippen LogP contribution >= 0.6 is 0 Å². The maximum atomic E-state index is 12.6. The molecule has 0 aliphatic carbocycles. The van der Waals surface area contributed by atoms with E-state index >= 15 is 0 Å². The smallest absolute Gasteiger partial charge is 0.229 e. The quantitative estimate of drug-likeness (QED) is 0.637. The lowest BCUT2D eigenvalue weighted by Gasteiger charge is -2.12. The molecule has 2 aromatic rings. The lowest BCUT2D eigenvalue weighted by atomic mass is 9.90. The summed E-state index contributed by atoms with van der Waals surface area (Å²) in [6, 6.07) is 18.7. The summed E-state index contributed by atoms with van der Waals surface area (Å²) in [6.45, 7) is 0.404. The van der Waals surface area contributed by atoms with Gasteiger partial charge < -0.3 is 0 Å². The van der Waals surface area contributed by atoms with Crippen molar-refractivity contribution in [3.63, 3.8) is 0 Å². The van der Waals surface area contributed by atoms with Gasteiger partial charge in [0.15, 0.2) is 0 Å². The first-order valence-corrected chi connectivity index (χ1v) is 6.74. The zero-order chi connectivity index (χ0) is 14.7. The monoisotopic (exact) mass is 278 g/mol. The molecule has 0 saturated heterocycles. The summed E-state index contributed by atoms with van der Waals surface area (Å²) in [4.78, 5) is 23.6. The molecule has 0 aromatic heterocycles. The van der Waals surface area contributed by atoms with E-state index in [1.165, 1.54) is 5.01 Å². The van der Waals surface area contributed by atoms with Gasteiger partial charge in [0.05, 0.1) is 12.5 Å². The van der Waals surface area contributed by atoms with Crippen LogP contribution in [0.15, 0.2) is 65.8 Å².